The Morgan fingerprint density at radius 1 is 1.17 bits per heavy atom. The molecule has 6 heteroatoms. The zero-order valence-electron chi connectivity index (χ0n) is 9.74. The largest absolute Gasteiger partial charge is 0.333 e. The number of aromatic nitrogens is 4. The van der Waals surface area contributed by atoms with Crippen molar-refractivity contribution in [2.24, 2.45) is 0 Å². The molecule has 0 radical (unpaired) electrons. The number of nitrogen functional groups attached to an aromatic ring is 1. The Morgan fingerprint density at radius 2 is 1.89 bits per heavy atom. The first kappa shape index (κ1) is 10.5. The fraction of sp³-hybridized carbons (Fsp3) is 0.0833. The minimum atomic E-state index is -0.299. The van der Waals surface area contributed by atoms with Crippen molar-refractivity contribution in [2.45, 2.75) is 6.92 Å². The highest BCUT2D eigenvalue weighted by Gasteiger charge is 2.13. The van der Waals surface area contributed by atoms with Crippen molar-refractivity contribution in [3.63, 3.8) is 0 Å². The number of rotatable bonds is 1. The summed E-state index contributed by atoms with van der Waals surface area (Å²) in [6, 6.07) is 11.1. The molecule has 0 aliphatic rings. The monoisotopic (exact) mass is 241 g/mol. The number of fused-ring (bicyclic) bond motifs is 1. The van der Waals surface area contributed by atoms with E-state index in [9.17, 15) is 4.79 Å². The van der Waals surface area contributed by atoms with Gasteiger partial charge in [-0.2, -0.15) is 4.68 Å². The average Bonchev–Trinajstić information content (AvgIpc) is 2.82. The molecule has 0 fully saturated rings. The summed E-state index contributed by atoms with van der Waals surface area (Å²) < 4.78 is 2.75. The summed E-state index contributed by atoms with van der Waals surface area (Å²) in [6.45, 7) is 1.82. The molecule has 6 nitrogen and oxygen atoms in total. The molecular weight excluding hydrogens is 230 g/mol. The van der Waals surface area contributed by atoms with E-state index >= 15 is 0 Å². The van der Waals surface area contributed by atoms with Crippen LogP contribution >= 0.6 is 0 Å². The van der Waals surface area contributed by atoms with E-state index in [0.29, 0.717) is 11.6 Å². The minimum absolute atomic E-state index is 0.299. The average molecular weight is 241 g/mol. The van der Waals surface area contributed by atoms with Gasteiger partial charge in [0.2, 0.25) is 0 Å². The Hall–Kier alpha value is -2.63. The molecule has 0 bridgehead atoms. The smallest absolute Gasteiger partial charge is 0.273 e. The number of benzene rings is 1. The second-order valence-corrected chi connectivity index (χ2v) is 4.02. The Balaban J connectivity index is 2.41. The fourth-order valence-corrected chi connectivity index (χ4v) is 1.94. The molecule has 3 rings (SSSR count). The number of nitrogens with two attached hydrogens (primary N) is 1. The van der Waals surface area contributed by atoms with E-state index in [2.05, 4.69) is 10.2 Å². The second-order valence-electron chi connectivity index (χ2n) is 4.02. The van der Waals surface area contributed by atoms with Gasteiger partial charge >= 0.3 is 0 Å². The maximum atomic E-state index is 11.6. The molecule has 0 saturated heterocycles. The van der Waals surface area contributed by atoms with Crippen molar-refractivity contribution in [1.82, 2.24) is 19.3 Å². The molecule has 2 N–H and O–H groups in total. The molecule has 1 aromatic carbocycles. The fourth-order valence-electron chi connectivity index (χ4n) is 1.94. The lowest BCUT2D eigenvalue weighted by Gasteiger charge is -2.05. The van der Waals surface area contributed by atoms with Gasteiger partial charge in [0, 0.05) is 17.3 Å². The van der Waals surface area contributed by atoms with Crippen LogP contribution in [0, 0.1) is 6.92 Å². The summed E-state index contributed by atoms with van der Waals surface area (Å²) in [4.78, 5) is 11.6. The van der Waals surface area contributed by atoms with Gasteiger partial charge in [-0.05, 0) is 6.92 Å². The predicted octanol–water partition coefficient (Wildman–Crippen LogP) is 0.580. The number of hydrogen-bond acceptors (Lipinski definition) is 4. The third-order valence-electron chi connectivity index (χ3n) is 2.82. The normalized spacial score (nSPS) is 10.9. The summed E-state index contributed by atoms with van der Waals surface area (Å²) in [5, 5.41) is 8.07. The molecular formula is C12H11N5O. The molecule has 90 valence electrons. The molecule has 0 aliphatic carbocycles. The molecule has 0 saturated carbocycles. The van der Waals surface area contributed by atoms with E-state index in [4.69, 9.17) is 5.84 Å². The number of nitrogens with zero attached hydrogens (tertiary/aromatic N) is 4. The lowest BCUT2D eigenvalue weighted by molar-refractivity contribution is 0.883. The molecule has 0 amide bonds. The van der Waals surface area contributed by atoms with Gasteiger partial charge in [-0.15, -0.1) is 10.2 Å². The van der Waals surface area contributed by atoms with E-state index in [1.807, 2.05) is 37.3 Å². The van der Waals surface area contributed by atoms with Gasteiger partial charge < -0.3 is 5.84 Å². The van der Waals surface area contributed by atoms with Crippen LogP contribution in [-0.2, 0) is 0 Å². The first-order valence-electron chi connectivity index (χ1n) is 5.47. The number of hydrogen-bond donors (Lipinski definition) is 1. The van der Waals surface area contributed by atoms with Crippen LogP contribution < -0.4 is 11.4 Å². The maximum Gasteiger partial charge on any atom is 0.273 e. The SMILES string of the molecule is Cc1cc(=O)n(N)c2nnc(-c3ccccc3)n12. The standard InChI is InChI=1S/C12H11N5O/c1-8-7-10(18)17(13)12-15-14-11(16(8)12)9-5-3-2-4-6-9/h2-7H,13H2,1H3. The lowest BCUT2D eigenvalue weighted by atomic mass is 10.2. The van der Waals surface area contributed by atoms with Crippen LogP contribution in [0.5, 0.6) is 0 Å². The molecule has 18 heavy (non-hydrogen) atoms. The molecule has 0 unspecified atom stereocenters. The van der Waals surface area contributed by atoms with Crippen molar-refractivity contribution in [1.29, 1.82) is 0 Å². The highest BCUT2D eigenvalue weighted by atomic mass is 16.1. The Bertz CT molecular complexity index is 772. The first-order valence-corrected chi connectivity index (χ1v) is 5.47. The van der Waals surface area contributed by atoms with Crippen LogP contribution in [0.4, 0.5) is 0 Å². The third-order valence-corrected chi connectivity index (χ3v) is 2.82. The quantitative estimate of drug-likeness (QED) is 0.632. The third kappa shape index (κ3) is 1.39. The van der Waals surface area contributed by atoms with Crippen LogP contribution in [-0.4, -0.2) is 19.3 Å². The van der Waals surface area contributed by atoms with Gasteiger partial charge in [0.25, 0.3) is 11.3 Å². The summed E-state index contributed by atoms with van der Waals surface area (Å²) in [7, 11) is 0. The highest BCUT2D eigenvalue weighted by Crippen LogP contribution is 2.17. The summed E-state index contributed by atoms with van der Waals surface area (Å²) in [6.07, 6.45) is 0. The predicted molar refractivity (Wildman–Crippen MR) is 67.6 cm³/mol. The van der Waals surface area contributed by atoms with Crippen molar-refractivity contribution in [3.8, 4) is 11.4 Å². The zero-order chi connectivity index (χ0) is 12.7. The van der Waals surface area contributed by atoms with E-state index in [-0.39, 0.29) is 5.56 Å². The second kappa shape index (κ2) is 3.69. The molecule has 3 aromatic rings. The van der Waals surface area contributed by atoms with Gasteiger partial charge in [-0.3, -0.25) is 9.20 Å². The van der Waals surface area contributed by atoms with Crippen molar-refractivity contribution >= 4 is 5.78 Å². The first-order chi connectivity index (χ1) is 8.68. The summed E-state index contributed by atoms with van der Waals surface area (Å²) in [5.41, 5.74) is 1.37. The maximum absolute atomic E-state index is 11.6. The van der Waals surface area contributed by atoms with E-state index in [0.717, 1.165) is 15.9 Å². The number of aryl methyl sites for hydroxylation is 1. The molecule has 0 atom stereocenters. The molecule has 0 aliphatic heterocycles. The highest BCUT2D eigenvalue weighted by molar-refractivity contribution is 5.58. The molecule has 2 heterocycles. The van der Waals surface area contributed by atoms with E-state index < -0.39 is 0 Å². The van der Waals surface area contributed by atoms with Gasteiger partial charge in [-0.25, -0.2) is 0 Å². The molecule has 2 aromatic heterocycles. The Labute approximate surface area is 102 Å². The van der Waals surface area contributed by atoms with Crippen LogP contribution in [0.25, 0.3) is 17.2 Å². The van der Waals surface area contributed by atoms with Gasteiger partial charge in [0.15, 0.2) is 5.82 Å². The van der Waals surface area contributed by atoms with Crippen molar-refractivity contribution in [2.75, 3.05) is 5.84 Å². The topological polar surface area (TPSA) is 78.2 Å². The van der Waals surface area contributed by atoms with E-state index in [1.165, 1.54) is 6.07 Å². The summed E-state index contributed by atoms with van der Waals surface area (Å²) in [5.74, 6) is 6.66. The zero-order valence-corrected chi connectivity index (χ0v) is 9.74. The van der Waals surface area contributed by atoms with Crippen LogP contribution in [0.15, 0.2) is 41.2 Å². The van der Waals surface area contributed by atoms with Gasteiger partial charge in [-0.1, -0.05) is 30.3 Å². The van der Waals surface area contributed by atoms with Crippen LogP contribution in [0.1, 0.15) is 5.69 Å². The summed E-state index contributed by atoms with van der Waals surface area (Å²) >= 11 is 0. The van der Waals surface area contributed by atoms with Crippen LogP contribution in [0.3, 0.4) is 0 Å². The minimum Gasteiger partial charge on any atom is -0.333 e. The van der Waals surface area contributed by atoms with Gasteiger partial charge in [0.05, 0.1) is 0 Å². The van der Waals surface area contributed by atoms with Crippen LogP contribution in [0.2, 0.25) is 0 Å². The lowest BCUT2D eigenvalue weighted by Crippen LogP contribution is -2.29. The Kier molecular flexibility index (Phi) is 2.16. The Morgan fingerprint density at radius 3 is 2.61 bits per heavy atom. The van der Waals surface area contributed by atoms with Crippen molar-refractivity contribution in [3.05, 3.63) is 52.4 Å². The molecule has 0 spiro atoms. The van der Waals surface area contributed by atoms with Crippen molar-refractivity contribution < 1.29 is 0 Å². The van der Waals surface area contributed by atoms with E-state index in [1.54, 1.807) is 4.40 Å². The van der Waals surface area contributed by atoms with Gasteiger partial charge in [0.1, 0.15) is 0 Å².